The molecule has 5 rings (SSSR count). The largest absolute Gasteiger partial charge is 0.364 e. The lowest BCUT2D eigenvalue weighted by atomic mass is 9.92. The van der Waals surface area contributed by atoms with Crippen molar-refractivity contribution in [2.45, 2.75) is 64.2 Å². The Labute approximate surface area is 206 Å². The molecule has 1 aliphatic rings. The number of imidazole rings is 1. The highest BCUT2D eigenvalue weighted by Crippen LogP contribution is 2.26. The van der Waals surface area contributed by atoms with Crippen molar-refractivity contribution >= 4 is 35.3 Å². The minimum atomic E-state index is 0. The molecule has 1 saturated carbocycles. The van der Waals surface area contributed by atoms with Crippen LogP contribution in [0.1, 0.15) is 51.1 Å². The molecule has 1 aliphatic carbocycles. The first-order valence-electron chi connectivity index (χ1n) is 11.8. The molecule has 180 valence electrons. The molecule has 34 heavy (non-hydrogen) atoms. The number of fused-ring (bicyclic) bond motifs is 1. The highest BCUT2D eigenvalue weighted by Gasteiger charge is 2.21. The molecular weight excluding hydrogens is 448 g/mol. The monoisotopic (exact) mass is 480 g/mol. The van der Waals surface area contributed by atoms with E-state index in [2.05, 4.69) is 62.9 Å². The first kappa shape index (κ1) is 24.0. The Bertz CT molecular complexity index is 1190. The number of nitrogens with two attached hydrogens (primary N) is 1. The van der Waals surface area contributed by atoms with Gasteiger partial charge in [0.2, 0.25) is 5.95 Å². The van der Waals surface area contributed by atoms with Crippen molar-refractivity contribution in [3.63, 3.8) is 0 Å². The molecule has 0 spiro atoms. The van der Waals surface area contributed by atoms with Gasteiger partial charge < -0.3 is 25.5 Å². The highest BCUT2D eigenvalue weighted by atomic mass is 35.5. The van der Waals surface area contributed by atoms with Gasteiger partial charge in [0.1, 0.15) is 0 Å². The van der Waals surface area contributed by atoms with E-state index in [-0.39, 0.29) is 18.4 Å². The van der Waals surface area contributed by atoms with Crippen molar-refractivity contribution in [1.82, 2.24) is 24.1 Å². The zero-order chi connectivity index (χ0) is 22.8. The lowest BCUT2D eigenvalue weighted by Gasteiger charge is -2.27. The Hall–Kier alpha value is -3.10. The molecule has 0 saturated heterocycles. The number of halogens is 1. The summed E-state index contributed by atoms with van der Waals surface area (Å²) in [5.41, 5.74) is 10.0. The van der Waals surface area contributed by atoms with Crippen LogP contribution in [0, 0.1) is 0 Å². The summed E-state index contributed by atoms with van der Waals surface area (Å²) in [6.45, 7) is 4.93. The lowest BCUT2D eigenvalue weighted by molar-refractivity contribution is 0.410. The fourth-order valence-electron chi connectivity index (χ4n) is 4.41. The zero-order valence-electron chi connectivity index (χ0n) is 19.7. The standard InChI is InChI=1S/C25H32N8.ClH/c1-17(2)33-16-28-22-23(27-15-18-5-11-21(12-6-18)32-13-3-4-14-32)30-25(31-24(22)33)29-20-9-7-19(26)8-10-20;/h3-6,11-14,16-17,19-20H,7-10,15,26H2,1-2H3,(H2,27,29,30,31);1H. The van der Waals surface area contributed by atoms with Gasteiger partial charge in [0, 0.05) is 42.8 Å². The van der Waals surface area contributed by atoms with Crippen molar-refractivity contribution < 1.29 is 0 Å². The van der Waals surface area contributed by atoms with Crippen LogP contribution in [-0.4, -0.2) is 36.2 Å². The van der Waals surface area contributed by atoms with E-state index in [1.807, 2.05) is 30.9 Å². The molecule has 4 N–H and O–H groups in total. The van der Waals surface area contributed by atoms with E-state index < -0.39 is 0 Å². The van der Waals surface area contributed by atoms with E-state index >= 15 is 0 Å². The first-order valence-corrected chi connectivity index (χ1v) is 11.8. The molecule has 1 aromatic carbocycles. The zero-order valence-corrected chi connectivity index (χ0v) is 20.5. The Kier molecular flexibility index (Phi) is 7.38. The summed E-state index contributed by atoms with van der Waals surface area (Å²) in [7, 11) is 0. The van der Waals surface area contributed by atoms with Gasteiger partial charge in [-0.3, -0.25) is 0 Å². The Morgan fingerprint density at radius 3 is 2.41 bits per heavy atom. The molecule has 0 atom stereocenters. The van der Waals surface area contributed by atoms with Gasteiger partial charge in [0.25, 0.3) is 0 Å². The number of hydrogen-bond acceptors (Lipinski definition) is 6. The molecule has 0 unspecified atom stereocenters. The lowest BCUT2D eigenvalue weighted by Crippen LogP contribution is -2.33. The van der Waals surface area contributed by atoms with Crippen molar-refractivity contribution in [3.8, 4) is 5.69 Å². The Morgan fingerprint density at radius 2 is 1.74 bits per heavy atom. The summed E-state index contributed by atoms with van der Waals surface area (Å²) in [6.07, 6.45) is 10.1. The van der Waals surface area contributed by atoms with Crippen molar-refractivity contribution in [1.29, 1.82) is 0 Å². The third kappa shape index (κ3) is 5.18. The molecule has 9 heteroatoms. The fraction of sp³-hybridized carbons (Fsp3) is 0.400. The second-order valence-corrected chi connectivity index (χ2v) is 9.18. The molecule has 4 aromatic rings. The summed E-state index contributed by atoms with van der Waals surface area (Å²) >= 11 is 0. The van der Waals surface area contributed by atoms with E-state index in [0.717, 1.165) is 48.4 Å². The number of anilines is 2. The van der Waals surface area contributed by atoms with E-state index in [9.17, 15) is 0 Å². The molecule has 3 aromatic heterocycles. The van der Waals surface area contributed by atoms with Crippen molar-refractivity contribution in [3.05, 3.63) is 60.7 Å². The van der Waals surface area contributed by atoms with E-state index in [1.165, 1.54) is 5.56 Å². The van der Waals surface area contributed by atoms with E-state index in [0.29, 0.717) is 24.6 Å². The van der Waals surface area contributed by atoms with Crippen LogP contribution < -0.4 is 16.4 Å². The van der Waals surface area contributed by atoms with Gasteiger partial charge in [-0.25, -0.2) is 4.98 Å². The molecule has 8 nitrogen and oxygen atoms in total. The number of benzene rings is 1. The van der Waals surface area contributed by atoms with Gasteiger partial charge in [0.05, 0.1) is 6.33 Å². The summed E-state index contributed by atoms with van der Waals surface area (Å²) in [5.74, 6) is 1.40. The first-order chi connectivity index (χ1) is 16.1. The smallest absolute Gasteiger partial charge is 0.227 e. The number of aromatic nitrogens is 5. The molecule has 1 fully saturated rings. The van der Waals surface area contributed by atoms with Gasteiger partial charge in [-0.1, -0.05) is 12.1 Å². The maximum atomic E-state index is 6.08. The van der Waals surface area contributed by atoms with Crippen LogP contribution in [-0.2, 0) is 6.54 Å². The molecular formula is C25H33ClN8. The van der Waals surface area contributed by atoms with E-state index in [4.69, 9.17) is 15.7 Å². The summed E-state index contributed by atoms with van der Waals surface area (Å²) in [4.78, 5) is 14.3. The third-order valence-corrected chi connectivity index (χ3v) is 6.38. The fourth-order valence-corrected chi connectivity index (χ4v) is 4.41. The van der Waals surface area contributed by atoms with Crippen LogP contribution in [0.5, 0.6) is 0 Å². The van der Waals surface area contributed by atoms with Gasteiger partial charge in [-0.2, -0.15) is 9.97 Å². The molecule has 3 heterocycles. The van der Waals surface area contributed by atoms with E-state index in [1.54, 1.807) is 0 Å². The predicted molar refractivity (Wildman–Crippen MR) is 140 cm³/mol. The third-order valence-electron chi connectivity index (χ3n) is 6.38. The number of rotatable bonds is 7. The van der Waals surface area contributed by atoms with Crippen LogP contribution >= 0.6 is 12.4 Å². The van der Waals surface area contributed by atoms with Gasteiger partial charge in [0.15, 0.2) is 17.0 Å². The predicted octanol–water partition coefficient (Wildman–Crippen LogP) is 4.91. The maximum Gasteiger partial charge on any atom is 0.227 e. The van der Waals surface area contributed by atoms with Gasteiger partial charge in [-0.05, 0) is 69.4 Å². The van der Waals surface area contributed by atoms with Crippen LogP contribution in [0.2, 0.25) is 0 Å². The van der Waals surface area contributed by atoms with Crippen LogP contribution in [0.25, 0.3) is 16.9 Å². The van der Waals surface area contributed by atoms with Crippen LogP contribution in [0.3, 0.4) is 0 Å². The minimum Gasteiger partial charge on any atom is -0.364 e. The van der Waals surface area contributed by atoms with Gasteiger partial charge >= 0.3 is 0 Å². The molecule has 0 bridgehead atoms. The van der Waals surface area contributed by atoms with Crippen LogP contribution in [0.4, 0.5) is 11.8 Å². The quantitative estimate of drug-likeness (QED) is 0.347. The minimum absolute atomic E-state index is 0. The second kappa shape index (κ2) is 10.4. The van der Waals surface area contributed by atoms with Gasteiger partial charge in [-0.15, -0.1) is 12.4 Å². The summed E-state index contributed by atoms with van der Waals surface area (Å²) in [5, 5.41) is 7.05. The van der Waals surface area contributed by atoms with Crippen molar-refractivity contribution in [2.24, 2.45) is 5.73 Å². The molecule has 0 aliphatic heterocycles. The summed E-state index contributed by atoms with van der Waals surface area (Å²) < 4.78 is 4.19. The maximum absolute atomic E-state index is 6.08. The summed E-state index contributed by atoms with van der Waals surface area (Å²) in [6, 6.07) is 13.5. The molecule has 0 amide bonds. The SMILES string of the molecule is CC(C)n1cnc2c(NCc3ccc(-n4cccc4)cc3)nc(NC3CCC(N)CC3)nc21.Cl. The second-order valence-electron chi connectivity index (χ2n) is 9.18. The number of nitrogens with one attached hydrogen (secondary N) is 2. The Balaban J connectivity index is 0.00000274. The van der Waals surface area contributed by atoms with Crippen molar-refractivity contribution in [2.75, 3.05) is 10.6 Å². The average Bonchev–Trinajstić information content (AvgIpc) is 3.50. The normalized spacial score (nSPS) is 18.1. The number of hydrogen-bond donors (Lipinski definition) is 3. The molecule has 0 radical (unpaired) electrons. The highest BCUT2D eigenvalue weighted by molar-refractivity contribution is 5.85. The topological polar surface area (TPSA) is 98.6 Å². The Morgan fingerprint density at radius 1 is 1.03 bits per heavy atom. The average molecular weight is 481 g/mol. The van der Waals surface area contributed by atoms with Crippen LogP contribution in [0.15, 0.2) is 55.1 Å². The number of nitrogens with zero attached hydrogens (tertiary/aromatic N) is 5.